The van der Waals surface area contributed by atoms with Crippen LogP contribution in [0.3, 0.4) is 0 Å². The fourth-order valence-electron chi connectivity index (χ4n) is 2.36. The van der Waals surface area contributed by atoms with Gasteiger partial charge >= 0.3 is 5.97 Å². The van der Waals surface area contributed by atoms with Crippen LogP contribution in [0.15, 0.2) is 42.7 Å². The van der Waals surface area contributed by atoms with Crippen molar-refractivity contribution in [1.29, 1.82) is 0 Å². The van der Waals surface area contributed by atoms with Gasteiger partial charge in [0.15, 0.2) is 12.5 Å². The van der Waals surface area contributed by atoms with E-state index < -0.39 is 5.97 Å². The van der Waals surface area contributed by atoms with Gasteiger partial charge in [-0.2, -0.15) is 0 Å². The number of hydrogen-bond acceptors (Lipinski definition) is 5. The molecule has 0 aliphatic heterocycles. The number of benzene rings is 2. The lowest BCUT2D eigenvalue weighted by Gasteiger charge is -2.14. The fourth-order valence-corrected chi connectivity index (χ4v) is 2.93. The molecule has 0 unspecified atom stereocenters. The summed E-state index contributed by atoms with van der Waals surface area (Å²) < 4.78 is 21.2. The average Bonchev–Trinajstić information content (AvgIpc) is 2.67. The first kappa shape index (κ1) is 21.9. The summed E-state index contributed by atoms with van der Waals surface area (Å²) in [5.74, 6) is -0.377. The zero-order valence-electron chi connectivity index (χ0n) is 15.4. The van der Waals surface area contributed by atoms with Crippen molar-refractivity contribution in [1.82, 2.24) is 0 Å². The summed E-state index contributed by atoms with van der Waals surface area (Å²) in [5.41, 5.74) is 1.18. The first-order valence-electron chi connectivity index (χ1n) is 8.34. The van der Waals surface area contributed by atoms with E-state index in [4.69, 9.17) is 42.1 Å². The maximum atomic E-state index is 11.5. The van der Waals surface area contributed by atoms with Crippen LogP contribution in [0.4, 0.5) is 0 Å². The number of carboxylic acid groups (broad SMARTS) is 1. The fraction of sp³-hybridized carbons (Fsp3) is 0.250. The zero-order valence-corrected chi connectivity index (χ0v) is 16.9. The summed E-state index contributed by atoms with van der Waals surface area (Å²) in [4.78, 5) is 11.5. The van der Waals surface area contributed by atoms with Crippen LogP contribution in [0, 0.1) is 0 Å². The highest BCUT2D eigenvalue weighted by molar-refractivity contribution is 6.37. The molecule has 2 aromatic rings. The molecule has 0 atom stereocenters. The molecule has 0 aliphatic carbocycles. The van der Waals surface area contributed by atoms with Crippen molar-refractivity contribution in [2.75, 3.05) is 20.5 Å². The maximum Gasteiger partial charge on any atom is 0.339 e. The maximum absolute atomic E-state index is 11.5. The lowest BCUT2D eigenvalue weighted by Crippen LogP contribution is -2.06. The third-order valence-corrected chi connectivity index (χ3v) is 4.19. The minimum absolute atomic E-state index is 0.0254. The SMILES string of the molecule is CCOCOc1c(Cl)cc(OCc2ccccc2C(=COC)C(=O)O)cc1Cl. The van der Waals surface area contributed by atoms with Crippen molar-refractivity contribution in [3.63, 3.8) is 0 Å². The van der Waals surface area contributed by atoms with Crippen LogP contribution in [0.1, 0.15) is 18.1 Å². The van der Waals surface area contributed by atoms with Crippen LogP contribution in [-0.2, 0) is 20.9 Å². The van der Waals surface area contributed by atoms with E-state index in [1.807, 2.05) is 6.92 Å². The zero-order chi connectivity index (χ0) is 20.5. The Kier molecular flexibility index (Phi) is 8.44. The number of carboxylic acids is 1. The van der Waals surface area contributed by atoms with Crippen LogP contribution >= 0.6 is 23.2 Å². The number of hydrogen-bond donors (Lipinski definition) is 1. The van der Waals surface area contributed by atoms with E-state index in [-0.39, 0.29) is 29.0 Å². The lowest BCUT2D eigenvalue weighted by atomic mass is 10.0. The largest absolute Gasteiger partial charge is 0.503 e. The van der Waals surface area contributed by atoms with Gasteiger partial charge in [-0.1, -0.05) is 47.5 Å². The minimum atomic E-state index is -1.10. The van der Waals surface area contributed by atoms with Gasteiger partial charge in [0, 0.05) is 18.7 Å². The smallest absolute Gasteiger partial charge is 0.339 e. The topological polar surface area (TPSA) is 74.2 Å². The van der Waals surface area contributed by atoms with E-state index in [0.717, 1.165) is 0 Å². The summed E-state index contributed by atoms with van der Waals surface area (Å²) in [5, 5.41) is 9.97. The molecule has 2 aromatic carbocycles. The third kappa shape index (κ3) is 5.79. The molecule has 6 nitrogen and oxygen atoms in total. The summed E-state index contributed by atoms with van der Waals surface area (Å²) in [6.45, 7) is 2.49. The number of methoxy groups -OCH3 is 1. The van der Waals surface area contributed by atoms with Gasteiger partial charge in [0.2, 0.25) is 0 Å². The second kappa shape index (κ2) is 10.8. The second-order valence-corrected chi connectivity index (χ2v) is 6.30. The van der Waals surface area contributed by atoms with Gasteiger partial charge in [0.05, 0.1) is 23.4 Å². The Labute approximate surface area is 173 Å². The van der Waals surface area contributed by atoms with Crippen molar-refractivity contribution in [2.45, 2.75) is 13.5 Å². The van der Waals surface area contributed by atoms with Crippen LogP contribution in [-0.4, -0.2) is 31.6 Å². The number of aliphatic carboxylic acids is 1. The molecule has 0 saturated heterocycles. The van der Waals surface area contributed by atoms with E-state index in [2.05, 4.69) is 0 Å². The highest BCUT2D eigenvalue weighted by atomic mass is 35.5. The summed E-state index contributed by atoms with van der Waals surface area (Å²) in [6, 6.07) is 10.1. The van der Waals surface area contributed by atoms with Crippen molar-refractivity contribution < 1.29 is 28.8 Å². The molecule has 0 amide bonds. The molecule has 0 aromatic heterocycles. The number of ether oxygens (including phenoxy) is 4. The first-order chi connectivity index (χ1) is 13.5. The van der Waals surface area contributed by atoms with Gasteiger partial charge in [-0.05, 0) is 18.1 Å². The van der Waals surface area contributed by atoms with Gasteiger partial charge in [-0.25, -0.2) is 4.79 Å². The van der Waals surface area contributed by atoms with Gasteiger partial charge in [-0.15, -0.1) is 0 Å². The standard InChI is InChI=1S/C20H20Cl2O6/c1-3-26-12-28-19-17(21)8-14(9-18(19)22)27-10-13-6-4-5-7-15(13)16(11-25-2)20(23)24/h4-9,11H,3,10,12H2,1-2H3,(H,23,24). The Balaban J connectivity index is 2.19. The van der Waals surface area contributed by atoms with E-state index in [0.29, 0.717) is 29.2 Å². The Hall–Kier alpha value is -2.41. The Morgan fingerprint density at radius 3 is 2.43 bits per heavy atom. The van der Waals surface area contributed by atoms with Crippen molar-refractivity contribution in [2.24, 2.45) is 0 Å². The van der Waals surface area contributed by atoms with E-state index in [9.17, 15) is 9.90 Å². The molecular formula is C20H20Cl2O6. The Morgan fingerprint density at radius 1 is 1.14 bits per heavy atom. The van der Waals surface area contributed by atoms with Crippen molar-refractivity contribution in [3.8, 4) is 11.5 Å². The first-order valence-corrected chi connectivity index (χ1v) is 9.10. The molecule has 28 heavy (non-hydrogen) atoms. The Bertz CT molecular complexity index is 827. The van der Waals surface area contributed by atoms with E-state index in [1.165, 1.54) is 13.4 Å². The van der Waals surface area contributed by atoms with Gasteiger partial charge in [0.25, 0.3) is 0 Å². The molecule has 2 rings (SSSR count). The predicted octanol–water partition coefficient (Wildman–Crippen LogP) is 5.02. The summed E-state index contributed by atoms with van der Waals surface area (Å²) in [6.07, 6.45) is 1.18. The summed E-state index contributed by atoms with van der Waals surface area (Å²) >= 11 is 12.4. The molecule has 150 valence electrons. The third-order valence-electron chi connectivity index (χ3n) is 3.63. The highest BCUT2D eigenvalue weighted by Crippen LogP contribution is 2.37. The van der Waals surface area contributed by atoms with Crippen LogP contribution in [0.2, 0.25) is 10.0 Å². The highest BCUT2D eigenvalue weighted by Gasteiger charge is 2.16. The normalized spacial score (nSPS) is 11.2. The predicted molar refractivity (Wildman–Crippen MR) is 107 cm³/mol. The lowest BCUT2D eigenvalue weighted by molar-refractivity contribution is -0.130. The monoisotopic (exact) mass is 426 g/mol. The van der Waals surface area contributed by atoms with Gasteiger partial charge in [0.1, 0.15) is 17.9 Å². The van der Waals surface area contributed by atoms with Crippen molar-refractivity contribution in [3.05, 3.63) is 63.8 Å². The molecule has 8 heteroatoms. The minimum Gasteiger partial charge on any atom is -0.503 e. The molecule has 0 spiro atoms. The molecule has 0 saturated carbocycles. The van der Waals surface area contributed by atoms with Gasteiger partial charge in [-0.3, -0.25) is 0 Å². The molecule has 0 bridgehead atoms. The number of halogens is 2. The number of carbonyl (C=O) groups is 1. The average molecular weight is 427 g/mol. The van der Waals surface area contributed by atoms with Gasteiger partial charge < -0.3 is 24.1 Å². The molecule has 0 radical (unpaired) electrons. The second-order valence-electron chi connectivity index (χ2n) is 5.49. The van der Waals surface area contributed by atoms with Crippen molar-refractivity contribution >= 4 is 34.7 Å². The van der Waals surface area contributed by atoms with Crippen LogP contribution in [0.25, 0.3) is 5.57 Å². The molecule has 0 aliphatic rings. The quantitative estimate of drug-likeness (QED) is 0.249. The molecule has 0 heterocycles. The van der Waals surface area contributed by atoms with E-state index >= 15 is 0 Å². The van der Waals surface area contributed by atoms with Crippen LogP contribution < -0.4 is 9.47 Å². The summed E-state index contributed by atoms with van der Waals surface area (Å²) in [7, 11) is 1.39. The molecule has 0 fully saturated rings. The molecular weight excluding hydrogens is 407 g/mol. The Morgan fingerprint density at radius 2 is 1.82 bits per heavy atom. The van der Waals surface area contributed by atoms with E-state index in [1.54, 1.807) is 36.4 Å². The van der Waals surface area contributed by atoms with Crippen LogP contribution in [0.5, 0.6) is 11.5 Å². The number of rotatable bonds is 10. The molecule has 1 N–H and O–H groups in total.